The summed E-state index contributed by atoms with van der Waals surface area (Å²) in [5, 5.41) is 4.69. The number of rotatable bonds is 4. The van der Waals surface area contributed by atoms with Crippen molar-refractivity contribution in [2.45, 2.75) is 32.4 Å². The third-order valence-corrected chi connectivity index (χ3v) is 5.39. The van der Waals surface area contributed by atoms with Crippen LogP contribution in [0.1, 0.15) is 27.3 Å². The van der Waals surface area contributed by atoms with Gasteiger partial charge in [-0.1, -0.05) is 29.3 Å². The molecule has 0 spiro atoms. The van der Waals surface area contributed by atoms with Gasteiger partial charge in [0.1, 0.15) is 0 Å². The maximum Gasteiger partial charge on any atom is 0.0595 e. The van der Waals surface area contributed by atoms with Crippen molar-refractivity contribution in [2.75, 3.05) is 0 Å². The number of fused-ring (bicyclic) bond motifs is 1. The summed E-state index contributed by atoms with van der Waals surface area (Å²) in [5.41, 5.74) is 2.73. The molecule has 1 nitrogen and oxygen atoms in total. The second-order valence-electron chi connectivity index (χ2n) is 4.87. The van der Waals surface area contributed by atoms with E-state index in [-0.39, 0.29) is 0 Å². The summed E-state index contributed by atoms with van der Waals surface area (Å²) in [7, 11) is 0. The monoisotopic (exact) mass is 311 g/mol. The molecule has 4 heteroatoms. The molecule has 0 aliphatic heterocycles. The highest BCUT2D eigenvalue weighted by Crippen LogP contribution is 2.30. The fourth-order valence-electron chi connectivity index (χ4n) is 2.46. The molecule has 1 aromatic carbocycles. The lowest BCUT2D eigenvalue weighted by Crippen LogP contribution is -2.11. The number of hydrogen-bond donors (Lipinski definition) is 1. The summed E-state index contributed by atoms with van der Waals surface area (Å²) < 4.78 is 0. The fourth-order valence-corrected chi connectivity index (χ4v) is 4.01. The molecule has 0 bridgehead atoms. The van der Waals surface area contributed by atoms with Crippen LogP contribution in [0.3, 0.4) is 0 Å². The van der Waals surface area contributed by atoms with Gasteiger partial charge in [-0.05, 0) is 48.6 Å². The van der Waals surface area contributed by atoms with Gasteiger partial charge in [-0.2, -0.15) is 0 Å². The Bertz CT molecular complexity index is 570. The zero-order valence-corrected chi connectivity index (χ0v) is 12.8. The molecule has 1 aliphatic carbocycles. The quantitative estimate of drug-likeness (QED) is 0.852. The number of nitrogens with one attached hydrogen (secondary N) is 1. The molecule has 19 heavy (non-hydrogen) atoms. The van der Waals surface area contributed by atoms with Crippen molar-refractivity contribution in [3.05, 3.63) is 55.2 Å². The van der Waals surface area contributed by atoms with Crippen molar-refractivity contribution in [1.82, 2.24) is 5.32 Å². The Morgan fingerprint density at radius 3 is 2.74 bits per heavy atom. The Kier molecular flexibility index (Phi) is 4.13. The van der Waals surface area contributed by atoms with E-state index in [0.717, 1.165) is 13.1 Å². The van der Waals surface area contributed by atoms with E-state index in [1.807, 2.05) is 29.5 Å². The first-order valence-electron chi connectivity index (χ1n) is 6.47. The van der Waals surface area contributed by atoms with Crippen molar-refractivity contribution in [3.8, 4) is 0 Å². The van der Waals surface area contributed by atoms with Crippen molar-refractivity contribution < 1.29 is 0 Å². The van der Waals surface area contributed by atoms with Gasteiger partial charge < -0.3 is 5.32 Å². The summed E-state index contributed by atoms with van der Waals surface area (Å²) in [5.74, 6) is 0. The van der Waals surface area contributed by atoms with Crippen LogP contribution in [0.15, 0.2) is 24.3 Å². The lowest BCUT2D eigenvalue weighted by molar-refractivity contribution is 0.700. The van der Waals surface area contributed by atoms with E-state index in [4.69, 9.17) is 23.2 Å². The van der Waals surface area contributed by atoms with Crippen LogP contribution in [0.5, 0.6) is 0 Å². The van der Waals surface area contributed by atoms with E-state index < -0.39 is 0 Å². The molecule has 1 heterocycles. The Morgan fingerprint density at radius 1 is 1.05 bits per heavy atom. The summed E-state index contributed by atoms with van der Waals surface area (Å²) in [6.45, 7) is 1.75. The van der Waals surface area contributed by atoms with Gasteiger partial charge in [-0.3, -0.25) is 0 Å². The second-order valence-corrected chi connectivity index (χ2v) is 6.90. The minimum Gasteiger partial charge on any atom is -0.308 e. The lowest BCUT2D eigenvalue weighted by Gasteiger charge is -2.05. The predicted octanol–water partition coefficient (Wildman–Crippen LogP) is 4.83. The first kappa shape index (κ1) is 13.4. The van der Waals surface area contributed by atoms with Gasteiger partial charge in [0.25, 0.3) is 0 Å². The molecular weight excluding hydrogens is 297 g/mol. The largest absolute Gasteiger partial charge is 0.308 e. The molecule has 0 atom stereocenters. The van der Waals surface area contributed by atoms with E-state index in [1.165, 1.54) is 29.7 Å². The van der Waals surface area contributed by atoms with Crippen molar-refractivity contribution >= 4 is 34.5 Å². The smallest absolute Gasteiger partial charge is 0.0595 e. The molecular formula is C15H15Cl2NS. The zero-order valence-electron chi connectivity index (χ0n) is 10.5. The van der Waals surface area contributed by atoms with Crippen LogP contribution in [0.25, 0.3) is 0 Å². The van der Waals surface area contributed by atoms with Crippen LogP contribution in [0, 0.1) is 0 Å². The molecule has 0 saturated heterocycles. The molecule has 2 aromatic rings. The van der Waals surface area contributed by atoms with Crippen LogP contribution < -0.4 is 5.32 Å². The Labute approximate surface area is 127 Å². The second kappa shape index (κ2) is 5.84. The molecule has 0 radical (unpaired) electrons. The molecule has 0 fully saturated rings. The van der Waals surface area contributed by atoms with Gasteiger partial charge in [-0.15, -0.1) is 11.3 Å². The van der Waals surface area contributed by atoms with Crippen LogP contribution in [-0.4, -0.2) is 0 Å². The number of benzene rings is 1. The highest BCUT2D eigenvalue weighted by molar-refractivity contribution is 7.12. The van der Waals surface area contributed by atoms with Crippen molar-refractivity contribution in [2.24, 2.45) is 0 Å². The van der Waals surface area contributed by atoms with Gasteiger partial charge in [0.05, 0.1) is 10.0 Å². The Hall–Kier alpha value is -0.540. The van der Waals surface area contributed by atoms with E-state index in [1.54, 1.807) is 10.4 Å². The first-order valence-corrected chi connectivity index (χ1v) is 8.05. The Balaban J connectivity index is 1.56. The maximum absolute atomic E-state index is 6.00. The van der Waals surface area contributed by atoms with E-state index in [9.17, 15) is 0 Å². The zero-order chi connectivity index (χ0) is 13.2. The summed E-state index contributed by atoms with van der Waals surface area (Å²) in [4.78, 5) is 3.02. The first-order chi connectivity index (χ1) is 9.22. The van der Waals surface area contributed by atoms with Gasteiger partial charge in [0, 0.05) is 22.8 Å². The topological polar surface area (TPSA) is 12.0 Å². The fraction of sp³-hybridized carbons (Fsp3) is 0.333. The van der Waals surface area contributed by atoms with Crippen LogP contribution >= 0.6 is 34.5 Å². The van der Waals surface area contributed by atoms with Gasteiger partial charge in [0.2, 0.25) is 0 Å². The third kappa shape index (κ3) is 3.14. The number of hydrogen-bond acceptors (Lipinski definition) is 2. The molecule has 1 aliphatic rings. The molecule has 100 valence electrons. The minimum absolute atomic E-state index is 0.611. The number of thiophene rings is 1. The van der Waals surface area contributed by atoms with Gasteiger partial charge >= 0.3 is 0 Å². The van der Waals surface area contributed by atoms with Gasteiger partial charge in [0.15, 0.2) is 0 Å². The van der Waals surface area contributed by atoms with Crippen LogP contribution in [0.2, 0.25) is 10.0 Å². The lowest BCUT2D eigenvalue weighted by atomic mass is 10.2. The highest BCUT2D eigenvalue weighted by Gasteiger charge is 2.14. The van der Waals surface area contributed by atoms with E-state index in [0.29, 0.717) is 10.0 Å². The van der Waals surface area contributed by atoms with E-state index >= 15 is 0 Å². The number of halogens is 2. The molecule has 1 aromatic heterocycles. The standard InChI is InChI=1S/C15H15Cl2NS/c16-13-5-4-10(6-14(13)17)8-18-9-12-7-11-2-1-3-15(11)19-12/h4-7,18H,1-3,8-9H2. The molecule has 0 amide bonds. The van der Waals surface area contributed by atoms with Crippen LogP contribution in [0.4, 0.5) is 0 Å². The molecule has 0 saturated carbocycles. The molecule has 0 unspecified atom stereocenters. The van der Waals surface area contributed by atoms with Crippen molar-refractivity contribution in [3.63, 3.8) is 0 Å². The van der Waals surface area contributed by atoms with Crippen molar-refractivity contribution in [1.29, 1.82) is 0 Å². The average molecular weight is 312 g/mol. The summed E-state index contributed by atoms with van der Waals surface area (Å²) in [6, 6.07) is 8.14. The molecule has 3 rings (SSSR count). The third-order valence-electron chi connectivity index (χ3n) is 3.41. The average Bonchev–Trinajstić information content (AvgIpc) is 2.94. The van der Waals surface area contributed by atoms with Crippen LogP contribution in [-0.2, 0) is 25.9 Å². The summed E-state index contributed by atoms with van der Waals surface area (Å²) in [6.07, 6.45) is 3.86. The normalized spacial score (nSPS) is 13.8. The summed E-state index contributed by atoms with van der Waals surface area (Å²) >= 11 is 13.9. The Morgan fingerprint density at radius 2 is 1.95 bits per heavy atom. The van der Waals surface area contributed by atoms with E-state index in [2.05, 4.69) is 11.4 Å². The number of aryl methyl sites for hydroxylation is 2. The predicted molar refractivity (Wildman–Crippen MR) is 83.3 cm³/mol. The maximum atomic E-state index is 6.00. The molecule has 1 N–H and O–H groups in total. The highest BCUT2D eigenvalue weighted by atomic mass is 35.5. The van der Waals surface area contributed by atoms with Gasteiger partial charge in [-0.25, -0.2) is 0 Å². The SMILES string of the molecule is Clc1ccc(CNCc2cc3c(s2)CCC3)cc1Cl. The minimum atomic E-state index is 0.611.